The van der Waals surface area contributed by atoms with Crippen LogP contribution in [0.5, 0.6) is 0 Å². The van der Waals surface area contributed by atoms with Crippen LogP contribution in [0.1, 0.15) is 39.5 Å². The molecule has 0 heterocycles. The number of allylic oxidation sites excluding steroid dienone is 2. The number of rotatable bonds is 6. The second kappa shape index (κ2) is 13.5. The molecule has 19 heavy (non-hydrogen) atoms. The Morgan fingerprint density at radius 1 is 0.684 bits per heavy atom. The molecule has 0 bridgehead atoms. The van der Waals surface area contributed by atoms with Crippen LogP contribution >= 0.6 is 0 Å². The fraction of sp³-hybridized carbons (Fsp3) is 0.750. The summed E-state index contributed by atoms with van der Waals surface area (Å²) >= 11 is 0. The van der Waals surface area contributed by atoms with Gasteiger partial charge in [0.1, 0.15) is 0 Å². The van der Waals surface area contributed by atoms with E-state index in [0.717, 1.165) is 0 Å². The summed E-state index contributed by atoms with van der Waals surface area (Å²) in [5, 5.41) is 0. The zero-order chi connectivity index (χ0) is 14.7. The van der Waals surface area contributed by atoms with Gasteiger partial charge in [-0.2, -0.15) is 0 Å². The standard InChI is InChI=1S/2C8H17Si.Zn/c2*1-5-6-7-8-9(2,3)4;/h2*7H,5-6H2,1-4H3;/q2*-1;+2. The van der Waals surface area contributed by atoms with Crippen LogP contribution in [0.2, 0.25) is 39.3 Å². The van der Waals surface area contributed by atoms with E-state index in [1.54, 1.807) is 0 Å². The van der Waals surface area contributed by atoms with Crippen molar-refractivity contribution in [3.05, 3.63) is 23.6 Å². The molecule has 0 atom stereocenters. The summed E-state index contributed by atoms with van der Waals surface area (Å²) in [5.74, 6) is 0. The van der Waals surface area contributed by atoms with E-state index < -0.39 is 16.1 Å². The van der Waals surface area contributed by atoms with Gasteiger partial charge in [0, 0.05) is 0 Å². The first kappa shape index (κ1) is 24.5. The van der Waals surface area contributed by atoms with Gasteiger partial charge in [-0.3, -0.25) is 12.2 Å². The van der Waals surface area contributed by atoms with Crippen LogP contribution in [-0.2, 0) is 19.5 Å². The first-order valence-corrected chi connectivity index (χ1v) is 14.3. The Morgan fingerprint density at radius 2 is 0.947 bits per heavy atom. The van der Waals surface area contributed by atoms with Crippen molar-refractivity contribution >= 4 is 16.1 Å². The van der Waals surface area contributed by atoms with Gasteiger partial charge in [0.2, 0.25) is 0 Å². The average Bonchev–Trinajstić information content (AvgIpc) is 2.16. The number of hydrogen-bond acceptors (Lipinski definition) is 0. The van der Waals surface area contributed by atoms with E-state index in [0.29, 0.717) is 0 Å². The van der Waals surface area contributed by atoms with Crippen molar-refractivity contribution in [2.45, 2.75) is 78.8 Å². The molecule has 0 aliphatic carbocycles. The molecule has 0 saturated carbocycles. The quantitative estimate of drug-likeness (QED) is 0.405. The van der Waals surface area contributed by atoms with Gasteiger partial charge in [-0.15, -0.1) is 16.1 Å². The molecule has 0 rings (SSSR count). The fourth-order valence-corrected chi connectivity index (χ4v) is 2.56. The maximum absolute atomic E-state index is 3.44. The molecule has 108 valence electrons. The smallest absolute Gasteiger partial charge is 0.502 e. The van der Waals surface area contributed by atoms with Crippen molar-refractivity contribution in [3.63, 3.8) is 0 Å². The van der Waals surface area contributed by atoms with Gasteiger partial charge in [-0.25, -0.2) is 0 Å². The SMILES string of the molecule is CCCC=[C-][Si](C)(C)C.CCCC=[C-][Si](C)(C)C.[Zn+2]. The van der Waals surface area contributed by atoms with E-state index in [9.17, 15) is 0 Å². The normalized spacial score (nSPS) is 12.2. The molecule has 0 amide bonds. The van der Waals surface area contributed by atoms with Crippen LogP contribution in [0.25, 0.3) is 0 Å². The summed E-state index contributed by atoms with van der Waals surface area (Å²) in [5.41, 5.74) is 6.87. The largest absolute Gasteiger partial charge is 2.00 e. The van der Waals surface area contributed by atoms with Gasteiger partial charge >= 0.3 is 19.5 Å². The topological polar surface area (TPSA) is 0 Å². The number of unbranched alkanes of at least 4 members (excludes halogenated alkanes) is 2. The Balaban J connectivity index is -0.000000256. The second-order valence-electron chi connectivity index (χ2n) is 6.77. The van der Waals surface area contributed by atoms with Gasteiger partial charge in [-0.05, 0) is 0 Å². The van der Waals surface area contributed by atoms with Gasteiger partial charge in [-0.1, -0.05) is 78.8 Å². The van der Waals surface area contributed by atoms with Crippen LogP contribution in [0.15, 0.2) is 12.2 Å². The first-order valence-electron chi connectivity index (χ1n) is 7.31. The van der Waals surface area contributed by atoms with Gasteiger partial charge in [0.05, 0.1) is 0 Å². The second-order valence-corrected chi connectivity index (χ2v) is 16.4. The summed E-state index contributed by atoms with van der Waals surface area (Å²) < 4.78 is 0. The summed E-state index contributed by atoms with van der Waals surface area (Å²) in [6, 6.07) is 0. The minimum absolute atomic E-state index is 0. The van der Waals surface area contributed by atoms with Crippen LogP contribution in [0.3, 0.4) is 0 Å². The van der Waals surface area contributed by atoms with Gasteiger partial charge in [0.25, 0.3) is 0 Å². The molecular formula is C16H34Si2Zn. The molecule has 0 saturated heterocycles. The molecule has 0 aromatic rings. The summed E-state index contributed by atoms with van der Waals surface area (Å²) in [7, 11) is -2.00. The average molecular weight is 348 g/mol. The zero-order valence-electron chi connectivity index (χ0n) is 14.7. The molecule has 0 aromatic carbocycles. The maximum atomic E-state index is 3.44. The van der Waals surface area contributed by atoms with E-state index in [1.807, 2.05) is 0 Å². The molecule has 0 aliphatic rings. The molecule has 0 aromatic heterocycles. The number of hydrogen-bond donors (Lipinski definition) is 0. The van der Waals surface area contributed by atoms with E-state index >= 15 is 0 Å². The van der Waals surface area contributed by atoms with Crippen molar-refractivity contribution in [1.82, 2.24) is 0 Å². The zero-order valence-corrected chi connectivity index (χ0v) is 19.7. The Morgan fingerprint density at radius 3 is 1.11 bits per heavy atom. The third kappa shape index (κ3) is 32.3. The molecule has 0 radical (unpaired) electrons. The third-order valence-corrected chi connectivity index (χ3v) is 4.08. The molecule has 0 fully saturated rings. The molecule has 0 N–H and O–H groups in total. The summed E-state index contributed by atoms with van der Waals surface area (Å²) in [4.78, 5) is 0. The molecule has 0 aliphatic heterocycles. The fourth-order valence-electron chi connectivity index (χ4n) is 1.05. The predicted octanol–water partition coefficient (Wildman–Crippen LogP) is 6.04. The Labute approximate surface area is 137 Å². The molecule has 0 spiro atoms. The van der Waals surface area contributed by atoms with E-state index in [1.165, 1.54) is 25.7 Å². The van der Waals surface area contributed by atoms with E-state index in [4.69, 9.17) is 0 Å². The molecule has 3 heteroatoms. The van der Waals surface area contributed by atoms with Gasteiger partial charge in [0.15, 0.2) is 0 Å². The van der Waals surface area contributed by atoms with Gasteiger partial charge < -0.3 is 11.4 Å². The van der Waals surface area contributed by atoms with E-state index in [-0.39, 0.29) is 19.5 Å². The van der Waals surface area contributed by atoms with Crippen molar-refractivity contribution in [3.8, 4) is 0 Å². The minimum Gasteiger partial charge on any atom is -0.502 e. The van der Waals surface area contributed by atoms with Crippen molar-refractivity contribution in [2.75, 3.05) is 0 Å². The molecular weight excluding hydrogens is 314 g/mol. The Kier molecular flexibility index (Phi) is 17.5. The van der Waals surface area contributed by atoms with Crippen LogP contribution in [-0.4, -0.2) is 16.1 Å². The molecule has 0 nitrogen and oxygen atoms in total. The van der Waals surface area contributed by atoms with E-state index in [2.05, 4.69) is 76.7 Å². The predicted molar refractivity (Wildman–Crippen MR) is 92.1 cm³/mol. The minimum atomic E-state index is -1.00. The molecule has 0 unspecified atom stereocenters. The van der Waals surface area contributed by atoms with Crippen LogP contribution in [0, 0.1) is 11.4 Å². The Bertz CT molecular complexity index is 206. The third-order valence-electron chi connectivity index (χ3n) is 1.94. The monoisotopic (exact) mass is 346 g/mol. The summed E-state index contributed by atoms with van der Waals surface area (Å²) in [6.07, 6.45) is 9.29. The van der Waals surface area contributed by atoms with Crippen LogP contribution < -0.4 is 0 Å². The van der Waals surface area contributed by atoms with Crippen LogP contribution in [0.4, 0.5) is 0 Å². The first-order chi connectivity index (χ1) is 8.12. The van der Waals surface area contributed by atoms with Crippen molar-refractivity contribution in [1.29, 1.82) is 0 Å². The summed E-state index contributed by atoms with van der Waals surface area (Å²) in [6.45, 7) is 18.2. The Hall–Kier alpha value is 0.537. The van der Waals surface area contributed by atoms with Crippen molar-refractivity contribution < 1.29 is 19.5 Å². The van der Waals surface area contributed by atoms with Crippen molar-refractivity contribution in [2.24, 2.45) is 0 Å². The maximum Gasteiger partial charge on any atom is 2.00 e.